The highest BCUT2D eigenvalue weighted by Gasteiger charge is 2.63. The highest BCUT2D eigenvalue weighted by molar-refractivity contribution is 5.46. The van der Waals surface area contributed by atoms with Crippen LogP contribution < -0.4 is 5.73 Å². The Kier molecular flexibility index (Phi) is 1.23. The Morgan fingerprint density at radius 3 is 2.79 bits per heavy atom. The quantitative estimate of drug-likeness (QED) is 0.675. The van der Waals surface area contributed by atoms with Gasteiger partial charge in [-0.3, -0.25) is 0 Å². The van der Waals surface area contributed by atoms with E-state index in [1.807, 2.05) is 6.92 Å². The number of hydrogen-bond acceptors (Lipinski definition) is 3. The molecule has 2 aliphatic carbocycles. The van der Waals surface area contributed by atoms with E-state index in [1.165, 1.54) is 11.3 Å². The summed E-state index contributed by atoms with van der Waals surface area (Å²) in [6.45, 7) is 6.72. The first kappa shape index (κ1) is 8.21. The molecule has 0 bridgehead atoms. The topological polar surface area (TPSA) is 51.8 Å². The Hall–Kier alpha value is -1.12. The highest BCUT2D eigenvalue weighted by atomic mass is 15.0. The Morgan fingerprint density at radius 2 is 2.07 bits per heavy atom. The number of nitrogen functional groups attached to an aromatic ring is 1. The first-order valence-corrected chi connectivity index (χ1v) is 5.14. The van der Waals surface area contributed by atoms with E-state index in [9.17, 15) is 0 Å². The van der Waals surface area contributed by atoms with E-state index in [0.717, 1.165) is 18.0 Å². The van der Waals surface area contributed by atoms with E-state index in [-0.39, 0.29) is 0 Å². The van der Waals surface area contributed by atoms with E-state index < -0.39 is 0 Å². The van der Waals surface area contributed by atoms with E-state index in [1.54, 1.807) is 0 Å². The minimum absolute atomic E-state index is 0.431. The molecular weight excluding hydrogens is 174 g/mol. The molecule has 3 heteroatoms. The molecule has 0 saturated heterocycles. The second kappa shape index (κ2) is 2.10. The van der Waals surface area contributed by atoms with Gasteiger partial charge < -0.3 is 5.73 Å². The highest BCUT2D eigenvalue weighted by Crippen LogP contribution is 2.70. The summed E-state index contributed by atoms with van der Waals surface area (Å²) in [7, 11) is 0. The zero-order valence-corrected chi connectivity index (χ0v) is 8.83. The zero-order valence-electron chi connectivity index (χ0n) is 8.83. The molecule has 1 fully saturated rings. The van der Waals surface area contributed by atoms with E-state index in [4.69, 9.17) is 5.73 Å². The summed E-state index contributed by atoms with van der Waals surface area (Å²) in [6.07, 6.45) is 1.10. The zero-order chi connectivity index (χ0) is 10.1. The van der Waals surface area contributed by atoms with Crippen molar-refractivity contribution in [3.8, 4) is 0 Å². The number of fused-ring (bicyclic) bond motifs is 3. The van der Waals surface area contributed by atoms with Gasteiger partial charge in [-0.15, -0.1) is 0 Å². The van der Waals surface area contributed by atoms with Crippen LogP contribution in [0, 0.1) is 18.3 Å². The van der Waals surface area contributed by atoms with Crippen LogP contribution >= 0.6 is 0 Å². The molecule has 0 aromatic carbocycles. The van der Waals surface area contributed by atoms with Gasteiger partial charge in [-0.05, 0) is 36.2 Å². The van der Waals surface area contributed by atoms with Gasteiger partial charge in [0.2, 0.25) is 5.95 Å². The summed E-state index contributed by atoms with van der Waals surface area (Å²) < 4.78 is 0. The van der Waals surface area contributed by atoms with Gasteiger partial charge in [0.15, 0.2) is 0 Å². The lowest BCUT2D eigenvalue weighted by atomic mass is 9.97. The summed E-state index contributed by atoms with van der Waals surface area (Å²) in [6, 6.07) is 0. The number of nitrogens with two attached hydrogens (primary N) is 1. The summed E-state index contributed by atoms with van der Waals surface area (Å²) in [5.74, 6) is 1.91. The number of anilines is 1. The molecule has 14 heavy (non-hydrogen) atoms. The van der Waals surface area contributed by atoms with Crippen LogP contribution in [0.15, 0.2) is 0 Å². The first-order chi connectivity index (χ1) is 6.51. The minimum atomic E-state index is 0.431. The minimum Gasteiger partial charge on any atom is -0.368 e. The van der Waals surface area contributed by atoms with E-state index in [0.29, 0.717) is 17.3 Å². The number of hydrogen-bond donors (Lipinski definition) is 1. The second-order valence-electron chi connectivity index (χ2n) is 5.14. The normalized spacial score (nSPS) is 31.1. The van der Waals surface area contributed by atoms with Crippen LogP contribution in [0.25, 0.3) is 0 Å². The van der Waals surface area contributed by atoms with Crippen LogP contribution in [-0.4, -0.2) is 9.97 Å². The summed E-state index contributed by atoms with van der Waals surface area (Å²) in [4.78, 5) is 8.58. The van der Waals surface area contributed by atoms with Gasteiger partial charge >= 0.3 is 0 Å². The van der Waals surface area contributed by atoms with Gasteiger partial charge in [-0.2, -0.15) is 0 Å². The molecule has 74 valence electrons. The van der Waals surface area contributed by atoms with Crippen molar-refractivity contribution in [2.75, 3.05) is 5.73 Å². The van der Waals surface area contributed by atoms with Crippen LogP contribution in [0.1, 0.15) is 36.7 Å². The largest absolute Gasteiger partial charge is 0.368 e. The molecule has 1 heterocycles. The number of aromatic nitrogens is 2. The molecule has 0 spiro atoms. The maximum atomic E-state index is 5.64. The van der Waals surface area contributed by atoms with Crippen LogP contribution in [0.3, 0.4) is 0 Å². The van der Waals surface area contributed by atoms with Crippen molar-refractivity contribution in [3.63, 3.8) is 0 Å². The lowest BCUT2D eigenvalue weighted by molar-refractivity contribution is 0.534. The Labute approximate surface area is 83.8 Å². The van der Waals surface area contributed by atoms with Crippen LogP contribution in [0.2, 0.25) is 0 Å². The van der Waals surface area contributed by atoms with Crippen molar-refractivity contribution in [3.05, 3.63) is 17.0 Å². The van der Waals surface area contributed by atoms with Gasteiger partial charge in [0.05, 0.1) is 5.69 Å². The van der Waals surface area contributed by atoms with E-state index in [2.05, 4.69) is 23.8 Å². The summed E-state index contributed by atoms with van der Waals surface area (Å²) in [5, 5.41) is 0. The third kappa shape index (κ3) is 0.781. The maximum absolute atomic E-state index is 5.64. The molecule has 0 aliphatic heterocycles. The average Bonchev–Trinajstić information content (AvgIpc) is 2.48. The van der Waals surface area contributed by atoms with Crippen molar-refractivity contribution in [1.29, 1.82) is 0 Å². The van der Waals surface area contributed by atoms with Crippen molar-refractivity contribution >= 4 is 5.95 Å². The fraction of sp³-hybridized carbons (Fsp3) is 0.636. The molecule has 0 unspecified atom stereocenters. The Morgan fingerprint density at radius 1 is 1.36 bits per heavy atom. The Bertz CT molecular complexity index is 423. The van der Waals surface area contributed by atoms with Gasteiger partial charge in [-0.25, -0.2) is 9.97 Å². The van der Waals surface area contributed by atoms with Gasteiger partial charge in [-0.1, -0.05) is 13.8 Å². The molecule has 0 amide bonds. The maximum Gasteiger partial charge on any atom is 0.220 e. The smallest absolute Gasteiger partial charge is 0.220 e. The lowest BCUT2D eigenvalue weighted by Crippen LogP contribution is -2.08. The molecule has 3 rings (SSSR count). The fourth-order valence-electron chi connectivity index (χ4n) is 3.13. The van der Waals surface area contributed by atoms with Crippen molar-refractivity contribution in [2.24, 2.45) is 11.3 Å². The molecule has 1 aromatic rings. The third-order valence-corrected chi connectivity index (χ3v) is 4.01. The standard InChI is InChI=1S/C11H15N3/c1-5-8-7(14-10(12)13-5)4-6-9(8)11(6,2)3/h6,9H,4H2,1-3H3,(H2,12,13,14)/t6-,9+/m1/s1. The molecule has 1 saturated carbocycles. The predicted octanol–water partition coefficient (Wildman–Crippen LogP) is 1.66. The van der Waals surface area contributed by atoms with Gasteiger partial charge in [0.25, 0.3) is 0 Å². The summed E-state index contributed by atoms with van der Waals surface area (Å²) >= 11 is 0. The van der Waals surface area contributed by atoms with Crippen molar-refractivity contribution in [1.82, 2.24) is 9.97 Å². The molecular formula is C11H15N3. The lowest BCUT2D eigenvalue weighted by Gasteiger charge is -2.12. The van der Waals surface area contributed by atoms with Crippen molar-refractivity contribution < 1.29 is 0 Å². The van der Waals surface area contributed by atoms with Crippen LogP contribution in [0.4, 0.5) is 5.95 Å². The van der Waals surface area contributed by atoms with Crippen LogP contribution in [0.5, 0.6) is 0 Å². The number of rotatable bonds is 0. The van der Waals surface area contributed by atoms with Crippen LogP contribution in [-0.2, 0) is 6.42 Å². The third-order valence-electron chi connectivity index (χ3n) is 4.01. The predicted molar refractivity (Wildman–Crippen MR) is 54.9 cm³/mol. The van der Waals surface area contributed by atoms with E-state index >= 15 is 0 Å². The molecule has 2 aliphatic rings. The monoisotopic (exact) mass is 189 g/mol. The average molecular weight is 189 g/mol. The Balaban J connectivity index is 2.16. The van der Waals surface area contributed by atoms with Gasteiger partial charge in [0, 0.05) is 5.69 Å². The first-order valence-electron chi connectivity index (χ1n) is 5.14. The van der Waals surface area contributed by atoms with Crippen molar-refractivity contribution in [2.45, 2.75) is 33.1 Å². The molecule has 0 radical (unpaired) electrons. The molecule has 3 nitrogen and oxygen atoms in total. The summed E-state index contributed by atoms with van der Waals surface area (Å²) in [5.41, 5.74) is 9.78. The number of nitrogens with zero attached hydrogens (tertiary/aromatic N) is 2. The second-order valence-corrected chi connectivity index (χ2v) is 5.14. The fourth-order valence-corrected chi connectivity index (χ4v) is 3.13. The molecule has 2 atom stereocenters. The number of aryl methyl sites for hydroxylation is 1. The molecule has 2 N–H and O–H groups in total. The van der Waals surface area contributed by atoms with Gasteiger partial charge in [0.1, 0.15) is 0 Å². The SMILES string of the molecule is Cc1nc(N)nc2c1[C@@H]1[C@@H](C2)C1(C)C. The molecule has 1 aromatic heterocycles.